The second-order valence-electron chi connectivity index (χ2n) is 4.62. The van der Waals surface area contributed by atoms with Crippen LogP contribution in [-0.4, -0.2) is 30.7 Å². The normalized spacial score (nSPS) is 16.1. The molecule has 6 heteroatoms. The molecule has 1 saturated carbocycles. The number of hydrogen-bond donors (Lipinski definition) is 1. The molecule has 1 fully saturated rings. The number of nitrogens with one attached hydrogen (secondary N) is 1. The Bertz CT molecular complexity index is 509. The van der Waals surface area contributed by atoms with E-state index >= 15 is 0 Å². The molecule has 0 amide bonds. The minimum atomic E-state index is -3.06. The lowest BCUT2D eigenvalue weighted by Gasteiger charge is -2.07. The summed E-state index contributed by atoms with van der Waals surface area (Å²) >= 11 is 0. The number of hydrogen-bond acceptors (Lipinski definition) is 5. The standard InChI is InChI=1S/C11H17N3O2S/c1-8-9(5-12-10-3-4-10)6-13-11(14-8)7-17(2,15)16/h6,10,12H,3-5,7H2,1-2H3. The van der Waals surface area contributed by atoms with Gasteiger partial charge in [0, 0.05) is 36.3 Å². The fraction of sp³-hybridized carbons (Fsp3) is 0.636. The maximum absolute atomic E-state index is 11.1. The van der Waals surface area contributed by atoms with E-state index in [0.29, 0.717) is 11.9 Å². The Morgan fingerprint density at radius 1 is 1.47 bits per heavy atom. The Kier molecular flexibility index (Phi) is 3.44. The molecule has 5 nitrogen and oxygen atoms in total. The molecule has 0 unspecified atom stereocenters. The largest absolute Gasteiger partial charge is 0.310 e. The van der Waals surface area contributed by atoms with Gasteiger partial charge in [-0.1, -0.05) is 0 Å². The topological polar surface area (TPSA) is 72.0 Å². The molecule has 0 atom stereocenters. The highest BCUT2D eigenvalue weighted by Gasteiger charge is 2.20. The van der Waals surface area contributed by atoms with Crippen LogP contribution in [0.3, 0.4) is 0 Å². The van der Waals surface area contributed by atoms with Gasteiger partial charge in [0.2, 0.25) is 0 Å². The van der Waals surface area contributed by atoms with Gasteiger partial charge >= 0.3 is 0 Å². The van der Waals surface area contributed by atoms with Gasteiger partial charge in [-0.2, -0.15) is 0 Å². The van der Waals surface area contributed by atoms with E-state index in [-0.39, 0.29) is 5.75 Å². The zero-order chi connectivity index (χ0) is 12.5. The second-order valence-corrected chi connectivity index (χ2v) is 6.76. The second kappa shape index (κ2) is 4.70. The summed E-state index contributed by atoms with van der Waals surface area (Å²) in [4.78, 5) is 8.32. The zero-order valence-electron chi connectivity index (χ0n) is 10.1. The molecule has 1 aliphatic rings. The average Bonchev–Trinajstić information content (AvgIpc) is 2.97. The van der Waals surface area contributed by atoms with Crippen LogP contribution in [0, 0.1) is 6.92 Å². The van der Waals surface area contributed by atoms with Crippen molar-refractivity contribution in [2.24, 2.45) is 0 Å². The van der Waals surface area contributed by atoms with Gasteiger partial charge in [-0.3, -0.25) is 0 Å². The third-order valence-electron chi connectivity index (χ3n) is 2.68. The van der Waals surface area contributed by atoms with E-state index in [4.69, 9.17) is 0 Å². The molecule has 2 rings (SSSR count). The highest BCUT2D eigenvalue weighted by atomic mass is 32.2. The van der Waals surface area contributed by atoms with Crippen LogP contribution in [0.15, 0.2) is 6.20 Å². The van der Waals surface area contributed by atoms with Crippen molar-refractivity contribution in [2.75, 3.05) is 6.26 Å². The lowest BCUT2D eigenvalue weighted by Crippen LogP contribution is -2.17. The Morgan fingerprint density at radius 2 is 2.18 bits per heavy atom. The molecule has 0 aromatic carbocycles. The summed E-state index contributed by atoms with van der Waals surface area (Å²) < 4.78 is 22.3. The maximum Gasteiger partial charge on any atom is 0.154 e. The first-order valence-corrected chi connectivity index (χ1v) is 7.72. The summed E-state index contributed by atoms with van der Waals surface area (Å²) in [6, 6.07) is 0.644. The van der Waals surface area contributed by atoms with Gasteiger partial charge in [0.1, 0.15) is 11.6 Å². The molecule has 0 radical (unpaired) electrons. The Morgan fingerprint density at radius 3 is 2.71 bits per heavy atom. The van der Waals surface area contributed by atoms with Gasteiger partial charge in [0.25, 0.3) is 0 Å². The van der Waals surface area contributed by atoms with E-state index in [1.807, 2.05) is 6.92 Å². The summed E-state index contributed by atoms with van der Waals surface area (Å²) in [5, 5.41) is 3.38. The van der Waals surface area contributed by atoms with E-state index < -0.39 is 9.84 Å². The summed E-state index contributed by atoms with van der Waals surface area (Å²) in [6.07, 6.45) is 5.39. The molecule has 17 heavy (non-hydrogen) atoms. The summed E-state index contributed by atoms with van der Waals surface area (Å²) in [5.41, 5.74) is 1.89. The zero-order valence-corrected chi connectivity index (χ0v) is 10.9. The van der Waals surface area contributed by atoms with Gasteiger partial charge in [-0.15, -0.1) is 0 Å². The smallest absolute Gasteiger partial charge is 0.154 e. The molecule has 94 valence electrons. The number of sulfone groups is 1. The van der Waals surface area contributed by atoms with Crippen LogP contribution in [0.2, 0.25) is 0 Å². The van der Waals surface area contributed by atoms with Crippen LogP contribution in [0.1, 0.15) is 29.9 Å². The molecule has 1 N–H and O–H groups in total. The third kappa shape index (κ3) is 4.05. The van der Waals surface area contributed by atoms with Crippen molar-refractivity contribution in [2.45, 2.75) is 38.1 Å². The van der Waals surface area contributed by atoms with Gasteiger partial charge in [0.15, 0.2) is 9.84 Å². The van der Waals surface area contributed by atoms with Crippen molar-refractivity contribution in [3.05, 3.63) is 23.3 Å². The summed E-state index contributed by atoms with van der Waals surface area (Å²) in [7, 11) is -3.06. The van der Waals surface area contributed by atoms with Crippen molar-refractivity contribution in [3.8, 4) is 0 Å². The van der Waals surface area contributed by atoms with E-state index in [2.05, 4.69) is 15.3 Å². The minimum absolute atomic E-state index is 0.0931. The predicted octanol–water partition coefficient (Wildman–Crippen LogP) is 0.582. The molecule has 1 aromatic rings. The van der Waals surface area contributed by atoms with Gasteiger partial charge in [0.05, 0.1) is 0 Å². The lowest BCUT2D eigenvalue weighted by atomic mass is 10.2. The molecular weight excluding hydrogens is 238 g/mol. The molecule has 1 aromatic heterocycles. The molecule has 1 aliphatic carbocycles. The Hall–Kier alpha value is -1.01. The fourth-order valence-electron chi connectivity index (χ4n) is 1.56. The minimum Gasteiger partial charge on any atom is -0.310 e. The van der Waals surface area contributed by atoms with Crippen molar-refractivity contribution in [1.82, 2.24) is 15.3 Å². The van der Waals surface area contributed by atoms with E-state index in [1.54, 1.807) is 6.20 Å². The lowest BCUT2D eigenvalue weighted by molar-refractivity contribution is 0.599. The molecule has 0 aliphatic heterocycles. The van der Waals surface area contributed by atoms with Crippen LogP contribution in [0.25, 0.3) is 0 Å². The van der Waals surface area contributed by atoms with Crippen LogP contribution in [0.4, 0.5) is 0 Å². The first kappa shape index (κ1) is 12.4. The van der Waals surface area contributed by atoms with Crippen LogP contribution >= 0.6 is 0 Å². The number of nitrogens with zero attached hydrogens (tertiary/aromatic N) is 2. The SMILES string of the molecule is Cc1nc(CS(C)(=O)=O)ncc1CNC1CC1. The van der Waals surface area contributed by atoms with Crippen molar-refractivity contribution in [1.29, 1.82) is 0 Å². The molecule has 1 heterocycles. The van der Waals surface area contributed by atoms with E-state index in [1.165, 1.54) is 19.1 Å². The van der Waals surface area contributed by atoms with Crippen molar-refractivity contribution in [3.63, 3.8) is 0 Å². The monoisotopic (exact) mass is 255 g/mol. The first-order valence-electron chi connectivity index (χ1n) is 5.66. The van der Waals surface area contributed by atoms with E-state index in [9.17, 15) is 8.42 Å². The maximum atomic E-state index is 11.1. The van der Waals surface area contributed by atoms with Gasteiger partial charge < -0.3 is 5.32 Å². The first-order chi connectivity index (χ1) is 7.94. The van der Waals surface area contributed by atoms with Gasteiger partial charge in [-0.25, -0.2) is 18.4 Å². The van der Waals surface area contributed by atoms with Crippen molar-refractivity contribution >= 4 is 9.84 Å². The third-order valence-corrected chi connectivity index (χ3v) is 3.46. The quantitative estimate of drug-likeness (QED) is 0.833. The highest BCUT2D eigenvalue weighted by Crippen LogP contribution is 2.19. The number of aromatic nitrogens is 2. The van der Waals surface area contributed by atoms with Crippen LogP contribution in [0.5, 0.6) is 0 Å². The molecular formula is C11H17N3O2S. The predicted molar refractivity (Wildman–Crippen MR) is 65.2 cm³/mol. The van der Waals surface area contributed by atoms with E-state index in [0.717, 1.165) is 17.8 Å². The Balaban J connectivity index is 2.04. The molecule has 0 saturated heterocycles. The Labute approximate surface area is 102 Å². The summed E-state index contributed by atoms with van der Waals surface area (Å²) in [5.74, 6) is 0.282. The number of rotatable bonds is 5. The van der Waals surface area contributed by atoms with Crippen LogP contribution in [-0.2, 0) is 22.1 Å². The fourth-order valence-corrected chi connectivity index (χ4v) is 2.17. The average molecular weight is 255 g/mol. The highest BCUT2D eigenvalue weighted by molar-refractivity contribution is 7.89. The molecule has 0 bridgehead atoms. The number of aryl methyl sites for hydroxylation is 1. The van der Waals surface area contributed by atoms with Gasteiger partial charge in [-0.05, 0) is 19.8 Å². The molecule has 0 spiro atoms. The van der Waals surface area contributed by atoms with Crippen LogP contribution < -0.4 is 5.32 Å². The summed E-state index contributed by atoms with van der Waals surface area (Å²) in [6.45, 7) is 2.65. The van der Waals surface area contributed by atoms with Crippen molar-refractivity contribution < 1.29 is 8.42 Å².